The summed E-state index contributed by atoms with van der Waals surface area (Å²) in [6.45, 7) is 0.618. The molecule has 24 heavy (non-hydrogen) atoms. The molecule has 2 heterocycles. The fraction of sp³-hybridized carbons (Fsp3) is 0.235. The van der Waals surface area contributed by atoms with Gasteiger partial charge in [0.2, 0.25) is 0 Å². The Bertz CT molecular complexity index is 814. The van der Waals surface area contributed by atoms with Crippen LogP contribution in [0, 0.1) is 0 Å². The first-order valence-electron chi connectivity index (χ1n) is 7.47. The van der Waals surface area contributed by atoms with E-state index in [2.05, 4.69) is 20.4 Å². The monoisotopic (exact) mass is 325 g/mol. The van der Waals surface area contributed by atoms with Crippen molar-refractivity contribution in [2.75, 3.05) is 19.5 Å². The molecule has 0 amide bonds. The summed E-state index contributed by atoms with van der Waals surface area (Å²) >= 11 is 0. The van der Waals surface area contributed by atoms with Crippen molar-refractivity contribution in [1.82, 2.24) is 19.7 Å². The Kier molecular flexibility index (Phi) is 4.60. The number of hydrogen-bond donors (Lipinski definition) is 1. The van der Waals surface area contributed by atoms with E-state index < -0.39 is 0 Å². The van der Waals surface area contributed by atoms with Crippen molar-refractivity contribution in [3.05, 3.63) is 48.4 Å². The van der Waals surface area contributed by atoms with Gasteiger partial charge >= 0.3 is 0 Å². The smallest absolute Gasteiger partial charge is 0.185 e. The number of methoxy groups -OCH3 is 2. The molecule has 7 heteroatoms. The molecule has 0 spiro atoms. The summed E-state index contributed by atoms with van der Waals surface area (Å²) in [6.07, 6.45) is 3.37. The second-order valence-corrected chi connectivity index (χ2v) is 5.18. The Hall–Kier alpha value is -3.09. The SMILES string of the molecule is COc1ccc(CNc2nccc(-c3ncn(C)n3)c2OC)cc1. The van der Waals surface area contributed by atoms with Gasteiger partial charge in [-0.2, -0.15) is 5.10 Å². The average Bonchev–Trinajstić information content (AvgIpc) is 3.06. The number of aromatic nitrogens is 4. The van der Waals surface area contributed by atoms with E-state index in [0.29, 0.717) is 23.9 Å². The molecule has 0 unspecified atom stereocenters. The topological polar surface area (TPSA) is 74.1 Å². The second-order valence-electron chi connectivity index (χ2n) is 5.18. The molecule has 0 bridgehead atoms. The standard InChI is InChI=1S/C17H19N5O2/c1-22-11-20-16(21-22)14-8-9-18-17(15(14)24-3)19-10-12-4-6-13(23-2)7-5-12/h4-9,11H,10H2,1-3H3,(H,18,19). The summed E-state index contributed by atoms with van der Waals surface area (Å²) in [5.74, 6) is 2.71. The van der Waals surface area contributed by atoms with Crippen LogP contribution in [0.4, 0.5) is 5.82 Å². The van der Waals surface area contributed by atoms with E-state index in [9.17, 15) is 0 Å². The normalized spacial score (nSPS) is 10.5. The van der Waals surface area contributed by atoms with Crippen molar-refractivity contribution in [1.29, 1.82) is 0 Å². The largest absolute Gasteiger partial charge is 0.497 e. The molecule has 0 radical (unpaired) electrons. The number of nitrogens with one attached hydrogen (secondary N) is 1. The summed E-state index contributed by atoms with van der Waals surface area (Å²) in [4.78, 5) is 8.64. The minimum atomic E-state index is 0.601. The molecule has 7 nitrogen and oxygen atoms in total. The van der Waals surface area contributed by atoms with Gasteiger partial charge in [0.05, 0.1) is 19.8 Å². The average molecular weight is 325 g/mol. The lowest BCUT2D eigenvalue weighted by molar-refractivity contribution is 0.414. The van der Waals surface area contributed by atoms with Crippen molar-refractivity contribution in [2.24, 2.45) is 7.05 Å². The minimum absolute atomic E-state index is 0.601. The lowest BCUT2D eigenvalue weighted by Crippen LogP contribution is -2.04. The molecule has 0 saturated heterocycles. The van der Waals surface area contributed by atoms with Crippen LogP contribution in [-0.2, 0) is 13.6 Å². The predicted octanol–water partition coefficient (Wildman–Crippen LogP) is 2.51. The first-order valence-corrected chi connectivity index (χ1v) is 7.47. The first-order chi connectivity index (χ1) is 11.7. The zero-order chi connectivity index (χ0) is 16.9. The van der Waals surface area contributed by atoms with Gasteiger partial charge in [-0.15, -0.1) is 0 Å². The van der Waals surface area contributed by atoms with E-state index in [1.807, 2.05) is 37.4 Å². The fourth-order valence-electron chi connectivity index (χ4n) is 2.35. The molecule has 2 aromatic heterocycles. The maximum Gasteiger partial charge on any atom is 0.185 e. The van der Waals surface area contributed by atoms with Gasteiger partial charge in [0.1, 0.15) is 12.1 Å². The molecule has 3 aromatic rings. The third-order valence-electron chi connectivity index (χ3n) is 3.57. The van der Waals surface area contributed by atoms with Gasteiger partial charge in [0.25, 0.3) is 0 Å². The Morgan fingerprint density at radius 2 is 1.83 bits per heavy atom. The molecular formula is C17H19N5O2. The summed E-state index contributed by atoms with van der Waals surface area (Å²) in [6, 6.07) is 9.70. The Morgan fingerprint density at radius 1 is 1.04 bits per heavy atom. The van der Waals surface area contributed by atoms with E-state index in [1.54, 1.807) is 31.4 Å². The van der Waals surface area contributed by atoms with Crippen LogP contribution in [0.2, 0.25) is 0 Å². The minimum Gasteiger partial charge on any atom is -0.497 e. The van der Waals surface area contributed by atoms with Crippen LogP contribution in [0.15, 0.2) is 42.9 Å². The van der Waals surface area contributed by atoms with Gasteiger partial charge in [-0.3, -0.25) is 4.68 Å². The van der Waals surface area contributed by atoms with Crippen LogP contribution in [0.5, 0.6) is 11.5 Å². The number of aryl methyl sites for hydroxylation is 1. The number of benzene rings is 1. The van der Waals surface area contributed by atoms with Gasteiger partial charge in [-0.1, -0.05) is 12.1 Å². The summed E-state index contributed by atoms with van der Waals surface area (Å²) in [5, 5.41) is 7.62. The molecule has 0 atom stereocenters. The van der Waals surface area contributed by atoms with Crippen molar-refractivity contribution >= 4 is 5.82 Å². The van der Waals surface area contributed by atoms with Crippen molar-refractivity contribution in [2.45, 2.75) is 6.54 Å². The van der Waals surface area contributed by atoms with Crippen LogP contribution in [0.1, 0.15) is 5.56 Å². The lowest BCUT2D eigenvalue weighted by Gasteiger charge is -2.13. The highest BCUT2D eigenvalue weighted by molar-refractivity contribution is 5.71. The number of pyridine rings is 1. The molecular weight excluding hydrogens is 306 g/mol. The fourth-order valence-corrected chi connectivity index (χ4v) is 2.35. The molecule has 0 aliphatic heterocycles. The zero-order valence-electron chi connectivity index (χ0n) is 13.9. The molecule has 124 valence electrons. The van der Waals surface area contributed by atoms with Crippen LogP contribution in [-0.4, -0.2) is 34.0 Å². The maximum atomic E-state index is 5.53. The quantitative estimate of drug-likeness (QED) is 0.750. The molecule has 3 rings (SSSR count). The predicted molar refractivity (Wildman–Crippen MR) is 91.1 cm³/mol. The molecule has 0 aliphatic carbocycles. The van der Waals surface area contributed by atoms with E-state index in [0.717, 1.165) is 16.9 Å². The first kappa shape index (κ1) is 15.8. The van der Waals surface area contributed by atoms with Gasteiger partial charge in [0, 0.05) is 19.8 Å². The molecule has 1 aromatic carbocycles. The van der Waals surface area contributed by atoms with Gasteiger partial charge < -0.3 is 14.8 Å². The highest BCUT2D eigenvalue weighted by Gasteiger charge is 2.15. The Balaban J connectivity index is 1.82. The highest BCUT2D eigenvalue weighted by Crippen LogP contribution is 2.33. The van der Waals surface area contributed by atoms with E-state index in [-0.39, 0.29) is 0 Å². The van der Waals surface area contributed by atoms with Crippen molar-refractivity contribution in [3.8, 4) is 22.9 Å². The third-order valence-corrected chi connectivity index (χ3v) is 3.57. The highest BCUT2D eigenvalue weighted by atomic mass is 16.5. The van der Waals surface area contributed by atoms with Crippen LogP contribution in [0.25, 0.3) is 11.4 Å². The summed E-state index contributed by atoms with van der Waals surface area (Å²) in [5.41, 5.74) is 1.91. The van der Waals surface area contributed by atoms with E-state index >= 15 is 0 Å². The number of anilines is 1. The Morgan fingerprint density at radius 3 is 2.46 bits per heavy atom. The number of ether oxygens (including phenoxy) is 2. The summed E-state index contributed by atoms with van der Waals surface area (Å²) in [7, 11) is 5.09. The lowest BCUT2D eigenvalue weighted by atomic mass is 10.2. The van der Waals surface area contributed by atoms with Crippen molar-refractivity contribution < 1.29 is 9.47 Å². The zero-order valence-corrected chi connectivity index (χ0v) is 13.9. The number of hydrogen-bond acceptors (Lipinski definition) is 6. The third kappa shape index (κ3) is 3.29. The Labute approximate surface area is 140 Å². The van der Waals surface area contributed by atoms with E-state index in [4.69, 9.17) is 9.47 Å². The van der Waals surface area contributed by atoms with Gasteiger partial charge in [-0.25, -0.2) is 9.97 Å². The van der Waals surface area contributed by atoms with Crippen LogP contribution in [0.3, 0.4) is 0 Å². The maximum absolute atomic E-state index is 5.53. The van der Waals surface area contributed by atoms with Crippen LogP contribution >= 0.6 is 0 Å². The number of nitrogens with zero attached hydrogens (tertiary/aromatic N) is 4. The summed E-state index contributed by atoms with van der Waals surface area (Å²) < 4.78 is 12.3. The number of rotatable bonds is 6. The molecule has 1 N–H and O–H groups in total. The second kappa shape index (κ2) is 6.99. The van der Waals surface area contributed by atoms with Crippen LogP contribution < -0.4 is 14.8 Å². The van der Waals surface area contributed by atoms with Crippen molar-refractivity contribution in [3.63, 3.8) is 0 Å². The van der Waals surface area contributed by atoms with Gasteiger partial charge in [0.15, 0.2) is 17.4 Å². The molecule has 0 aliphatic rings. The molecule has 0 saturated carbocycles. The molecule has 0 fully saturated rings. The van der Waals surface area contributed by atoms with Gasteiger partial charge in [-0.05, 0) is 23.8 Å². The van der Waals surface area contributed by atoms with E-state index in [1.165, 1.54) is 0 Å².